The topological polar surface area (TPSA) is 69.6 Å². The van der Waals surface area contributed by atoms with Crippen LogP contribution in [0.1, 0.15) is 62.5 Å². The summed E-state index contributed by atoms with van der Waals surface area (Å²) in [5.41, 5.74) is 3.09. The summed E-state index contributed by atoms with van der Waals surface area (Å²) < 4.78 is 0. The lowest BCUT2D eigenvalue weighted by atomic mass is 10.1. The van der Waals surface area contributed by atoms with E-state index in [0.717, 1.165) is 68.3 Å². The zero-order valence-corrected chi connectivity index (χ0v) is 14.8. The molecule has 1 aromatic rings. The number of allylic oxidation sites excluding steroid dienone is 1. The van der Waals surface area contributed by atoms with Crippen molar-refractivity contribution in [3.63, 3.8) is 0 Å². The Morgan fingerprint density at radius 2 is 1.71 bits per heavy atom. The molecule has 0 amide bonds. The number of aromatic hydroxyl groups is 1. The van der Waals surface area contributed by atoms with Crippen LogP contribution >= 0.6 is 0 Å². The summed E-state index contributed by atoms with van der Waals surface area (Å²) >= 11 is 0. The van der Waals surface area contributed by atoms with Crippen LogP contribution in [0.15, 0.2) is 30.5 Å². The number of unbranched alkanes of at least 4 members (excludes halogenated alkanes) is 5. The molecule has 0 atom stereocenters. The molecule has 0 saturated carbocycles. The van der Waals surface area contributed by atoms with Gasteiger partial charge in [-0.15, -0.1) is 0 Å². The van der Waals surface area contributed by atoms with Gasteiger partial charge in [0.2, 0.25) is 0 Å². The third kappa shape index (κ3) is 9.23. The number of hydrogen-bond acceptors (Lipinski definition) is 3. The van der Waals surface area contributed by atoms with Gasteiger partial charge in [-0.05, 0) is 49.8 Å². The highest BCUT2D eigenvalue weighted by molar-refractivity contribution is 5.66. The van der Waals surface area contributed by atoms with E-state index < -0.39 is 5.97 Å². The average Bonchev–Trinajstić information content (AvgIpc) is 2.53. The molecule has 24 heavy (non-hydrogen) atoms. The molecule has 0 aliphatic rings. The Morgan fingerprint density at radius 3 is 2.33 bits per heavy atom. The summed E-state index contributed by atoms with van der Waals surface area (Å²) in [5, 5.41) is 21.6. The number of phenolic OH excluding ortho intramolecular Hbond substituents is 1. The van der Waals surface area contributed by atoms with Gasteiger partial charge in [-0.1, -0.05) is 44.4 Å². The van der Waals surface area contributed by atoms with Gasteiger partial charge < -0.3 is 15.5 Å². The Balaban J connectivity index is 2.00. The second-order valence-corrected chi connectivity index (χ2v) is 6.42. The van der Waals surface area contributed by atoms with Gasteiger partial charge in [0, 0.05) is 18.7 Å². The standard InChI is InChI=1S/C20H31NO3/c1-16-11-12-18(15-19(16)22)13-14-21-17(2)9-7-5-3-4-6-8-10-20(23)24/h11-12,15,21-22H,2-10,13-14H2,1H3,(H,23,24). The van der Waals surface area contributed by atoms with Gasteiger partial charge in [0.15, 0.2) is 0 Å². The first-order chi connectivity index (χ1) is 11.5. The van der Waals surface area contributed by atoms with Crippen LogP contribution in [-0.4, -0.2) is 22.7 Å². The molecule has 0 aromatic heterocycles. The summed E-state index contributed by atoms with van der Waals surface area (Å²) in [6, 6.07) is 5.81. The Labute approximate surface area is 145 Å². The van der Waals surface area contributed by atoms with Gasteiger partial charge in [0.1, 0.15) is 5.75 Å². The first kappa shape index (κ1) is 20.1. The number of nitrogens with one attached hydrogen (secondary N) is 1. The van der Waals surface area contributed by atoms with Crippen LogP contribution in [0.4, 0.5) is 0 Å². The minimum Gasteiger partial charge on any atom is -0.508 e. The van der Waals surface area contributed by atoms with E-state index in [-0.39, 0.29) is 0 Å². The Bertz CT molecular complexity index is 526. The van der Waals surface area contributed by atoms with E-state index in [4.69, 9.17) is 5.11 Å². The van der Waals surface area contributed by atoms with Crippen LogP contribution in [0, 0.1) is 6.92 Å². The number of phenols is 1. The first-order valence-electron chi connectivity index (χ1n) is 8.91. The minimum absolute atomic E-state index is 0.291. The van der Waals surface area contributed by atoms with E-state index >= 15 is 0 Å². The molecule has 0 heterocycles. The van der Waals surface area contributed by atoms with Crippen LogP contribution in [0.2, 0.25) is 0 Å². The fourth-order valence-corrected chi connectivity index (χ4v) is 2.60. The Hall–Kier alpha value is -1.97. The van der Waals surface area contributed by atoms with E-state index in [2.05, 4.69) is 11.9 Å². The lowest BCUT2D eigenvalue weighted by Gasteiger charge is -2.10. The Morgan fingerprint density at radius 1 is 1.08 bits per heavy atom. The van der Waals surface area contributed by atoms with Crippen molar-refractivity contribution < 1.29 is 15.0 Å². The quantitative estimate of drug-likeness (QED) is 0.463. The van der Waals surface area contributed by atoms with Crippen LogP contribution < -0.4 is 5.32 Å². The van der Waals surface area contributed by atoms with Crippen molar-refractivity contribution in [2.45, 2.75) is 64.7 Å². The molecule has 0 spiro atoms. The average molecular weight is 333 g/mol. The largest absolute Gasteiger partial charge is 0.508 e. The maximum absolute atomic E-state index is 10.4. The van der Waals surface area contributed by atoms with E-state index in [1.807, 2.05) is 25.1 Å². The molecular formula is C20H31NO3. The normalized spacial score (nSPS) is 10.5. The fraction of sp³-hybridized carbons (Fsp3) is 0.550. The maximum Gasteiger partial charge on any atom is 0.303 e. The van der Waals surface area contributed by atoms with Crippen LogP contribution in [0.3, 0.4) is 0 Å². The van der Waals surface area contributed by atoms with Crippen molar-refractivity contribution in [2.24, 2.45) is 0 Å². The first-order valence-corrected chi connectivity index (χ1v) is 8.91. The molecule has 0 bridgehead atoms. The number of carboxylic acid groups (broad SMARTS) is 1. The zero-order valence-electron chi connectivity index (χ0n) is 14.8. The summed E-state index contributed by atoms with van der Waals surface area (Å²) in [5.74, 6) is -0.340. The van der Waals surface area contributed by atoms with Gasteiger partial charge in [-0.25, -0.2) is 0 Å². The van der Waals surface area contributed by atoms with Crippen molar-refractivity contribution in [3.05, 3.63) is 41.6 Å². The van der Waals surface area contributed by atoms with Crippen molar-refractivity contribution in [3.8, 4) is 5.75 Å². The highest BCUT2D eigenvalue weighted by atomic mass is 16.4. The third-order valence-electron chi connectivity index (χ3n) is 4.18. The van der Waals surface area contributed by atoms with Crippen LogP contribution in [0.25, 0.3) is 0 Å². The van der Waals surface area contributed by atoms with Crippen molar-refractivity contribution in [1.29, 1.82) is 0 Å². The smallest absolute Gasteiger partial charge is 0.303 e. The van der Waals surface area contributed by atoms with Crippen LogP contribution in [0.5, 0.6) is 5.75 Å². The maximum atomic E-state index is 10.4. The lowest BCUT2D eigenvalue weighted by molar-refractivity contribution is -0.137. The van der Waals surface area contributed by atoms with E-state index in [9.17, 15) is 9.90 Å². The van der Waals surface area contributed by atoms with Gasteiger partial charge in [0.05, 0.1) is 0 Å². The van der Waals surface area contributed by atoms with Gasteiger partial charge >= 0.3 is 5.97 Å². The molecule has 3 N–H and O–H groups in total. The molecule has 4 heteroatoms. The van der Waals surface area contributed by atoms with Gasteiger partial charge in [-0.3, -0.25) is 4.79 Å². The molecule has 4 nitrogen and oxygen atoms in total. The van der Waals surface area contributed by atoms with E-state index in [1.54, 1.807) is 0 Å². The summed E-state index contributed by atoms with van der Waals surface area (Å²) in [7, 11) is 0. The van der Waals surface area contributed by atoms with Crippen LogP contribution in [-0.2, 0) is 11.2 Å². The van der Waals surface area contributed by atoms with Crippen molar-refractivity contribution >= 4 is 5.97 Å². The molecular weight excluding hydrogens is 302 g/mol. The molecule has 0 saturated heterocycles. The number of aliphatic carboxylic acids is 1. The van der Waals surface area contributed by atoms with Crippen molar-refractivity contribution in [2.75, 3.05) is 6.54 Å². The molecule has 1 aromatic carbocycles. The summed E-state index contributed by atoms with van der Waals surface area (Å²) in [6.07, 6.45) is 8.51. The predicted molar refractivity (Wildman–Crippen MR) is 98.3 cm³/mol. The van der Waals surface area contributed by atoms with Crippen molar-refractivity contribution in [1.82, 2.24) is 5.32 Å². The zero-order chi connectivity index (χ0) is 17.8. The number of rotatable bonds is 13. The second kappa shape index (κ2) is 11.5. The van der Waals surface area contributed by atoms with Gasteiger partial charge in [-0.2, -0.15) is 0 Å². The van der Waals surface area contributed by atoms with Gasteiger partial charge in [0.25, 0.3) is 0 Å². The lowest BCUT2D eigenvalue weighted by Crippen LogP contribution is -2.16. The molecule has 134 valence electrons. The summed E-state index contributed by atoms with van der Waals surface area (Å²) in [4.78, 5) is 10.4. The number of carbonyl (C=O) groups is 1. The monoisotopic (exact) mass is 333 g/mol. The number of benzene rings is 1. The molecule has 0 aliphatic carbocycles. The SMILES string of the molecule is C=C(CCCCCCCCC(=O)O)NCCc1ccc(C)c(O)c1. The fourth-order valence-electron chi connectivity index (χ4n) is 2.60. The second-order valence-electron chi connectivity index (χ2n) is 6.42. The third-order valence-corrected chi connectivity index (χ3v) is 4.18. The predicted octanol–water partition coefficient (Wildman–Crippen LogP) is 4.55. The number of aryl methyl sites for hydroxylation is 1. The van der Waals surface area contributed by atoms with E-state index in [1.165, 1.54) is 6.42 Å². The summed E-state index contributed by atoms with van der Waals surface area (Å²) in [6.45, 7) is 6.78. The highest BCUT2D eigenvalue weighted by Gasteiger charge is 2.00. The molecule has 0 unspecified atom stereocenters. The van der Waals surface area contributed by atoms with E-state index in [0.29, 0.717) is 12.2 Å². The number of hydrogen-bond donors (Lipinski definition) is 3. The highest BCUT2D eigenvalue weighted by Crippen LogP contribution is 2.17. The Kier molecular flexibility index (Phi) is 9.66. The molecule has 1 rings (SSSR count). The number of carboxylic acids is 1. The molecule has 0 radical (unpaired) electrons. The molecule has 0 fully saturated rings. The minimum atomic E-state index is -0.696. The molecule has 0 aliphatic heterocycles.